The number of hydrogen-bond acceptors (Lipinski definition) is 6. The Balaban J connectivity index is 1.28. The standard InChI is InChI=1S/C43H27N5O/c1-5-14-28(15-6-1)29-24-26-33(27-25-29)42-46-41(32-20-11-4-12-21-32)47-43(48-42)34-22-13-23-35-36(34)38-39(49-35)37(30-16-7-2-8-17-30)44-40(45-38)31-18-9-3-10-19-31/h1-27H. The Hall–Kier alpha value is -6.79. The zero-order valence-electron chi connectivity index (χ0n) is 26.2. The summed E-state index contributed by atoms with van der Waals surface area (Å²) in [7, 11) is 0. The molecule has 0 aliphatic carbocycles. The topological polar surface area (TPSA) is 77.6 Å². The molecule has 230 valence electrons. The molecule has 0 saturated carbocycles. The Kier molecular flexibility index (Phi) is 7.02. The third-order valence-electron chi connectivity index (χ3n) is 8.58. The van der Waals surface area contributed by atoms with Crippen LogP contribution in [0.3, 0.4) is 0 Å². The van der Waals surface area contributed by atoms with Gasteiger partial charge in [-0.1, -0.05) is 158 Å². The average Bonchev–Trinajstić information content (AvgIpc) is 3.58. The van der Waals surface area contributed by atoms with Crippen LogP contribution in [0.5, 0.6) is 0 Å². The van der Waals surface area contributed by atoms with E-state index in [-0.39, 0.29) is 0 Å². The van der Waals surface area contributed by atoms with Gasteiger partial charge in [-0.05, 0) is 17.2 Å². The van der Waals surface area contributed by atoms with Crippen molar-refractivity contribution >= 4 is 22.1 Å². The average molecular weight is 630 g/mol. The minimum atomic E-state index is 0.533. The highest BCUT2D eigenvalue weighted by Gasteiger charge is 2.22. The second-order valence-electron chi connectivity index (χ2n) is 11.7. The van der Waals surface area contributed by atoms with Crippen LogP contribution in [0, 0.1) is 0 Å². The molecule has 49 heavy (non-hydrogen) atoms. The zero-order valence-corrected chi connectivity index (χ0v) is 26.2. The van der Waals surface area contributed by atoms with E-state index in [4.69, 9.17) is 29.3 Å². The van der Waals surface area contributed by atoms with E-state index < -0.39 is 0 Å². The van der Waals surface area contributed by atoms with E-state index in [0.29, 0.717) is 40.0 Å². The van der Waals surface area contributed by atoms with Crippen LogP contribution in [0.15, 0.2) is 168 Å². The zero-order chi connectivity index (χ0) is 32.6. The van der Waals surface area contributed by atoms with Gasteiger partial charge in [0.05, 0.1) is 5.39 Å². The highest BCUT2D eigenvalue weighted by molar-refractivity contribution is 6.13. The smallest absolute Gasteiger partial charge is 0.180 e. The number of nitrogens with zero attached hydrogens (tertiary/aromatic N) is 5. The number of aromatic nitrogens is 5. The summed E-state index contributed by atoms with van der Waals surface area (Å²) in [6.45, 7) is 0. The maximum atomic E-state index is 6.58. The summed E-state index contributed by atoms with van der Waals surface area (Å²) in [6, 6.07) is 54.7. The molecule has 3 heterocycles. The molecule has 0 atom stereocenters. The molecule has 6 aromatic carbocycles. The lowest BCUT2D eigenvalue weighted by molar-refractivity contribution is 0.667. The molecule has 0 unspecified atom stereocenters. The van der Waals surface area contributed by atoms with Crippen molar-refractivity contribution in [2.24, 2.45) is 0 Å². The van der Waals surface area contributed by atoms with Crippen LogP contribution in [0.2, 0.25) is 0 Å². The van der Waals surface area contributed by atoms with Crippen LogP contribution in [0.25, 0.3) is 90.0 Å². The minimum Gasteiger partial charge on any atom is -0.452 e. The molecule has 0 N–H and O–H groups in total. The summed E-state index contributed by atoms with van der Waals surface area (Å²) in [5.41, 5.74) is 9.46. The summed E-state index contributed by atoms with van der Waals surface area (Å²) in [6.07, 6.45) is 0. The molecule has 0 fully saturated rings. The van der Waals surface area contributed by atoms with Crippen molar-refractivity contribution in [2.45, 2.75) is 0 Å². The van der Waals surface area contributed by atoms with E-state index in [1.54, 1.807) is 0 Å². The Morgan fingerprint density at radius 1 is 0.327 bits per heavy atom. The number of furan rings is 1. The summed E-state index contributed by atoms with van der Waals surface area (Å²) in [4.78, 5) is 25.3. The molecular weight excluding hydrogens is 603 g/mol. The van der Waals surface area contributed by atoms with Gasteiger partial charge in [0.25, 0.3) is 0 Å². The van der Waals surface area contributed by atoms with E-state index >= 15 is 0 Å². The van der Waals surface area contributed by atoms with Gasteiger partial charge in [-0.15, -0.1) is 0 Å². The minimum absolute atomic E-state index is 0.533. The van der Waals surface area contributed by atoms with Crippen LogP contribution in [-0.4, -0.2) is 24.9 Å². The lowest BCUT2D eigenvalue weighted by Crippen LogP contribution is -2.00. The second kappa shape index (κ2) is 12.1. The van der Waals surface area contributed by atoms with Crippen molar-refractivity contribution in [3.63, 3.8) is 0 Å². The Morgan fingerprint density at radius 2 is 0.776 bits per heavy atom. The molecule has 0 amide bonds. The maximum Gasteiger partial charge on any atom is 0.180 e. The quantitative estimate of drug-likeness (QED) is 0.182. The van der Waals surface area contributed by atoms with E-state index in [9.17, 15) is 0 Å². The van der Waals surface area contributed by atoms with Crippen LogP contribution in [0.1, 0.15) is 0 Å². The monoisotopic (exact) mass is 629 g/mol. The fraction of sp³-hybridized carbons (Fsp3) is 0. The molecule has 0 spiro atoms. The highest BCUT2D eigenvalue weighted by Crippen LogP contribution is 2.40. The van der Waals surface area contributed by atoms with Gasteiger partial charge in [-0.3, -0.25) is 0 Å². The summed E-state index contributed by atoms with van der Waals surface area (Å²) in [5.74, 6) is 2.31. The fourth-order valence-electron chi connectivity index (χ4n) is 6.17. The van der Waals surface area contributed by atoms with Crippen LogP contribution < -0.4 is 0 Å². The Labute approximate surface area is 282 Å². The van der Waals surface area contributed by atoms with Crippen molar-refractivity contribution in [3.8, 4) is 67.9 Å². The number of benzene rings is 6. The highest BCUT2D eigenvalue weighted by atomic mass is 16.3. The SMILES string of the molecule is c1ccc(-c2ccc(-c3nc(-c4ccccc4)nc(-c4cccc5oc6c(-c7ccccc7)nc(-c7ccccc7)nc6c45)n3)cc2)cc1. The third kappa shape index (κ3) is 5.31. The van der Waals surface area contributed by atoms with Crippen LogP contribution in [-0.2, 0) is 0 Å². The van der Waals surface area contributed by atoms with Crippen molar-refractivity contribution in [1.29, 1.82) is 0 Å². The molecule has 0 saturated heterocycles. The molecule has 3 aromatic heterocycles. The predicted octanol–water partition coefficient (Wildman–Crippen LogP) is 10.6. The summed E-state index contributed by atoms with van der Waals surface area (Å²) < 4.78 is 6.58. The Morgan fingerprint density at radius 3 is 1.37 bits per heavy atom. The van der Waals surface area contributed by atoms with Gasteiger partial charge < -0.3 is 4.42 Å². The van der Waals surface area contributed by atoms with Crippen molar-refractivity contribution in [2.75, 3.05) is 0 Å². The van der Waals surface area contributed by atoms with Gasteiger partial charge in [0.2, 0.25) is 0 Å². The van der Waals surface area contributed by atoms with E-state index in [2.05, 4.69) is 36.4 Å². The molecule has 6 heteroatoms. The number of hydrogen-bond donors (Lipinski definition) is 0. The van der Waals surface area contributed by atoms with Crippen molar-refractivity contribution < 1.29 is 4.42 Å². The first kappa shape index (κ1) is 28.4. The van der Waals surface area contributed by atoms with Gasteiger partial charge >= 0.3 is 0 Å². The summed E-state index contributed by atoms with van der Waals surface area (Å²) >= 11 is 0. The van der Waals surface area contributed by atoms with E-state index in [1.165, 1.54) is 0 Å². The number of fused-ring (bicyclic) bond motifs is 3. The van der Waals surface area contributed by atoms with Gasteiger partial charge in [-0.25, -0.2) is 24.9 Å². The maximum absolute atomic E-state index is 6.58. The summed E-state index contributed by atoms with van der Waals surface area (Å²) in [5, 5.41) is 0.824. The normalized spacial score (nSPS) is 11.3. The third-order valence-corrected chi connectivity index (χ3v) is 8.58. The first-order valence-electron chi connectivity index (χ1n) is 16.1. The fourth-order valence-corrected chi connectivity index (χ4v) is 6.17. The largest absolute Gasteiger partial charge is 0.452 e. The first-order valence-corrected chi connectivity index (χ1v) is 16.1. The van der Waals surface area contributed by atoms with Gasteiger partial charge in [-0.2, -0.15) is 0 Å². The predicted molar refractivity (Wildman–Crippen MR) is 195 cm³/mol. The lowest BCUT2D eigenvalue weighted by Gasteiger charge is -2.10. The van der Waals surface area contributed by atoms with Gasteiger partial charge in [0.1, 0.15) is 16.8 Å². The number of rotatable bonds is 6. The molecule has 9 rings (SSSR count). The lowest BCUT2D eigenvalue weighted by atomic mass is 10.0. The van der Waals surface area contributed by atoms with Gasteiger partial charge in [0.15, 0.2) is 28.9 Å². The van der Waals surface area contributed by atoms with Crippen molar-refractivity contribution in [3.05, 3.63) is 164 Å². The molecule has 6 nitrogen and oxygen atoms in total. The van der Waals surface area contributed by atoms with E-state index in [0.717, 1.165) is 50.0 Å². The molecule has 0 aliphatic rings. The van der Waals surface area contributed by atoms with Crippen molar-refractivity contribution in [1.82, 2.24) is 24.9 Å². The van der Waals surface area contributed by atoms with Crippen LogP contribution in [0.4, 0.5) is 0 Å². The van der Waals surface area contributed by atoms with Crippen LogP contribution >= 0.6 is 0 Å². The molecular formula is C43H27N5O. The van der Waals surface area contributed by atoms with Gasteiger partial charge in [0, 0.05) is 27.8 Å². The Bertz CT molecular complexity index is 2570. The molecule has 9 aromatic rings. The second-order valence-corrected chi connectivity index (χ2v) is 11.7. The van der Waals surface area contributed by atoms with E-state index in [1.807, 2.05) is 127 Å². The molecule has 0 aliphatic heterocycles. The first-order chi connectivity index (χ1) is 24.3. The molecule has 0 bridgehead atoms. The molecule has 0 radical (unpaired) electrons.